The molecule has 1 heterocycles. The van der Waals surface area contributed by atoms with E-state index in [0.717, 1.165) is 6.54 Å². The van der Waals surface area contributed by atoms with Gasteiger partial charge in [-0.3, -0.25) is 4.90 Å². The van der Waals surface area contributed by atoms with E-state index in [-0.39, 0.29) is 5.54 Å². The van der Waals surface area contributed by atoms with Crippen LogP contribution in [0.3, 0.4) is 0 Å². The van der Waals surface area contributed by atoms with Gasteiger partial charge in [-0.15, -0.1) is 0 Å². The van der Waals surface area contributed by atoms with Crippen LogP contribution in [0.5, 0.6) is 0 Å². The van der Waals surface area contributed by atoms with E-state index in [1.165, 1.54) is 19.3 Å². The maximum Gasteiger partial charge on any atom is 0.150 e. The fourth-order valence-corrected chi connectivity index (χ4v) is 4.08. The molecular formula is C12H26N2O2S. The third kappa shape index (κ3) is 3.93. The van der Waals surface area contributed by atoms with Gasteiger partial charge in [0.1, 0.15) is 9.84 Å². The molecule has 4 nitrogen and oxygen atoms in total. The molecule has 0 aromatic heterocycles. The zero-order valence-corrected chi connectivity index (χ0v) is 11.9. The van der Waals surface area contributed by atoms with Gasteiger partial charge < -0.3 is 5.73 Å². The highest BCUT2D eigenvalue weighted by Gasteiger charge is 2.38. The summed E-state index contributed by atoms with van der Waals surface area (Å²) in [4.78, 5) is 2.29. The number of likely N-dealkylation sites (N-methyl/N-ethyl adjacent to an activating group) is 1. The van der Waals surface area contributed by atoms with Gasteiger partial charge in [0.2, 0.25) is 0 Å². The van der Waals surface area contributed by atoms with Crippen molar-refractivity contribution in [2.75, 3.05) is 31.6 Å². The number of hydrogen-bond acceptors (Lipinski definition) is 4. The average Bonchev–Trinajstić information content (AvgIpc) is 2.30. The molecular weight excluding hydrogens is 236 g/mol. The van der Waals surface area contributed by atoms with Crippen LogP contribution in [0.1, 0.15) is 39.0 Å². The highest BCUT2D eigenvalue weighted by molar-refractivity contribution is 7.91. The first kappa shape index (κ1) is 14.9. The van der Waals surface area contributed by atoms with E-state index >= 15 is 0 Å². The lowest BCUT2D eigenvalue weighted by atomic mass is 9.90. The Balaban J connectivity index is 2.57. The van der Waals surface area contributed by atoms with E-state index in [1.54, 1.807) is 0 Å². The van der Waals surface area contributed by atoms with Gasteiger partial charge >= 0.3 is 0 Å². The molecule has 0 atom stereocenters. The molecule has 0 aliphatic carbocycles. The summed E-state index contributed by atoms with van der Waals surface area (Å²) in [6.07, 6.45) is 4.98. The van der Waals surface area contributed by atoms with Crippen LogP contribution in [-0.4, -0.2) is 50.5 Å². The predicted molar refractivity (Wildman–Crippen MR) is 71.8 cm³/mol. The van der Waals surface area contributed by atoms with E-state index in [2.05, 4.69) is 18.9 Å². The Bertz CT molecular complexity index is 313. The topological polar surface area (TPSA) is 63.4 Å². The zero-order valence-electron chi connectivity index (χ0n) is 11.1. The van der Waals surface area contributed by atoms with Gasteiger partial charge in [0, 0.05) is 12.1 Å². The summed E-state index contributed by atoms with van der Waals surface area (Å²) in [5.41, 5.74) is 5.81. The molecule has 1 saturated heterocycles. The standard InChI is InChI=1S/C12H26N2O2S/c1-3-4-5-8-14(2)12(11-13)6-9-17(15,16)10-7-12/h3-11,13H2,1-2H3. The van der Waals surface area contributed by atoms with Gasteiger partial charge in [-0.25, -0.2) is 8.42 Å². The molecule has 102 valence electrons. The van der Waals surface area contributed by atoms with Crippen molar-refractivity contribution in [3.8, 4) is 0 Å². The Morgan fingerprint density at radius 1 is 1.24 bits per heavy atom. The first-order valence-corrected chi connectivity index (χ1v) is 8.40. The Labute approximate surface area is 105 Å². The SMILES string of the molecule is CCCCCN(C)C1(CN)CCS(=O)(=O)CC1. The molecule has 0 spiro atoms. The summed E-state index contributed by atoms with van der Waals surface area (Å²) >= 11 is 0. The van der Waals surface area contributed by atoms with Gasteiger partial charge in [0.25, 0.3) is 0 Å². The maximum atomic E-state index is 11.5. The normalized spacial score (nSPS) is 22.8. The van der Waals surface area contributed by atoms with E-state index in [4.69, 9.17) is 5.73 Å². The van der Waals surface area contributed by atoms with Crippen molar-refractivity contribution in [2.24, 2.45) is 5.73 Å². The molecule has 17 heavy (non-hydrogen) atoms. The molecule has 0 aromatic rings. The molecule has 0 amide bonds. The quantitative estimate of drug-likeness (QED) is 0.726. The zero-order chi connectivity index (χ0) is 12.9. The van der Waals surface area contributed by atoms with E-state index in [0.29, 0.717) is 30.9 Å². The summed E-state index contributed by atoms with van der Waals surface area (Å²) in [6.45, 7) is 3.77. The summed E-state index contributed by atoms with van der Waals surface area (Å²) in [5.74, 6) is 0.588. The fourth-order valence-electron chi connectivity index (χ4n) is 2.50. The van der Waals surface area contributed by atoms with E-state index in [9.17, 15) is 8.42 Å². The van der Waals surface area contributed by atoms with Gasteiger partial charge in [0.05, 0.1) is 11.5 Å². The van der Waals surface area contributed by atoms with Crippen LogP contribution < -0.4 is 5.73 Å². The van der Waals surface area contributed by atoms with Gasteiger partial charge in [-0.05, 0) is 32.9 Å². The minimum Gasteiger partial charge on any atom is -0.329 e. The second kappa shape index (κ2) is 6.16. The highest BCUT2D eigenvalue weighted by Crippen LogP contribution is 2.28. The minimum absolute atomic E-state index is 0.0843. The number of nitrogens with zero attached hydrogens (tertiary/aromatic N) is 1. The lowest BCUT2D eigenvalue weighted by molar-refractivity contribution is 0.111. The Morgan fingerprint density at radius 3 is 2.29 bits per heavy atom. The molecule has 1 aliphatic heterocycles. The van der Waals surface area contributed by atoms with Crippen molar-refractivity contribution >= 4 is 9.84 Å². The second-order valence-electron chi connectivity index (χ2n) is 5.21. The Hall–Kier alpha value is -0.130. The first-order valence-electron chi connectivity index (χ1n) is 6.57. The fraction of sp³-hybridized carbons (Fsp3) is 1.00. The minimum atomic E-state index is -2.80. The van der Waals surface area contributed by atoms with Gasteiger partial charge in [0.15, 0.2) is 0 Å². The average molecular weight is 262 g/mol. The van der Waals surface area contributed by atoms with Crippen LogP contribution in [0.25, 0.3) is 0 Å². The first-order chi connectivity index (χ1) is 7.96. The van der Waals surface area contributed by atoms with Gasteiger partial charge in [-0.1, -0.05) is 19.8 Å². The predicted octanol–water partition coefficient (Wildman–Crippen LogP) is 1.01. The van der Waals surface area contributed by atoms with Crippen LogP contribution in [0, 0.1) is 0 Å². The highest BCUT2D eigenvalue weighted by atomic mass is 32.2. The number of unbranched alkanes of at least 4 members (excludes halogenated alkanes) is 2. The van der Waals surface area contributed by atoms with Crippen LogP contribution in [0.4, 0.5) is 0 Å². The van der Waals surface area contributed by atoms with Crippen molar-refractivity contribution in [3.63, 3.8) is 0 Å². The van der Waals surface area contributed by atoms with E-state index in [1.807, 2.05) is 0 Å². The summed E-state index contributed by atoms with van der Waals surface area (Å²) in [5, 5.41) is 0. The molecule has 0 unspecified atom stereocenters. The molecule has 1 fully saturated rings. The molecule has 0 saturated carbocycles. The lowest BCUT2D eigenvalue weighted by Gasteiger charge is -2.43. The summed E-state index contributed by atoms with van der Waals surface area (Å²) in [6, 6.07) is 0. The largest absolute Gasteiger partial charge is 0.329 e. The van der Waals surface area contributed by atoms with Crippen LogP contribution >= 0.6 is 0 Å². The third-order valence-electron chi connectivity index (χ3n) is 4.04. The monoisotopic (exact) mass is 262 g/mol. The lowest BCUT2D eigenvalue weighted by Crippen LogP contribution is -2.56. The molecule has 5 heteroatoms. The van der Waals surface area contributed by atoms with Crippen LogP contribution in [-0.2, 0) is 9.84 Å². The van der Waals surface area contributed by atoms with Crippen molar-refractivity contribution in [1.29, 1.82) is 0 Å². The molecule has 2 N–H and O–H groups in total. The molecule has 0 bridgehead atoms. The second-order valence-corrected chi connectivity index (χ2v) is 7.51. The van der Waals surface area contributed by atoms with Crippen molar-refractivity contribution in [2.45, 2.75) is 44.6 Å². The van der Waals surface area contributed by atoms with Crippen LogP contribution in [0.15, 0.2) is 0 Å². The number of nitrogens with two attached hydrogens (primary N) is 1. The Kier molecular flexibility index (Phi) is 5.41. The molecule has 0 radical (unpaired) electrons. The van der Waals surface area contributed by atoms with E-state index < -0.39 is 9.84 Å². The number of rotatable bonds is 6. The van der Waals surface area contributed by atoms with Crippen molar-refractivity contribution in [1.82, 2.24) is 4.90 Å². The van der Waals surface area contributed by atoms with Crippen molar-refractivity contribution in [3.05, 3.63) is 0 Å². The third-order valence-corrected chi connectivity index (χ3v) is 5.70. The summed E-state index contributed by atoms with van der Waals surface area (Å²) in [7, 11) is -0.721. The molecule has 1 aliphatic rings. The van der Waals surface area contributed by atoms with Crippen molar-refractivity contribution < 1.29 is 8.42 Å². The number of sulfone groups is 1. The summed E-state index contributed by atoms with van der Waals surface area (Å²) < 4.78 is 23.0. The molecule has 1 rings (SSSR count). The molecule has 0 aromatic carbocycles. The number of hydrogen-bond donors (Lipinski definition) is 1. The van der Waals surface area contributed by atoms with Crippen LogP contribution in [0.2, 0.25) is 0 Å². The smallest absolute Gasteiger partial charge is 0.150 e. The van der Waals surface area contributed by atoms with Gasteiger partial charge in [-0.2, -0.15) is 0 Å². The Morgan fingerprint density at radius 2 is 1.82 bits per heavy atom. The maximum absolute atomic E-state index is 11.5.